The Hall–Kier alpha value is -2.37. The van der Waals surface area contributed by atoms with E-state index in [4.69, 9.17) is 4.74 Å². The van der Waals surface area contributed by atoms with Crippen LogP contribution in [0.2, 0.25) is 0 Å². The van der Waals surface area contributed by atoms with Crippen molar-refractivity contribution in [2.75, 3.05) is 7.11 Å². The zero-order valence-corrected chi connectivity index (χ0v) is 9.33. The molecule has 0 aromatic carbocycles. The standard InChI is InChI=1S/C11H12N4O2/c1-17-10-3-2-9(6-13-10)7-14-11(16)15-5-4-12-8-15/h2-6,8H,7H2,1H3,(H,14,16). The van der Waals surface area contributed by atoms with Crippen molar-refractivity contribution >= 4 is 6.03 Å². The van der Waals surface area contributed by atoms with E-state index in [1.807, 2.05) is 6.07 Å². The van der Waals surface area contributed by atoms with Crippen LogP contribution in [0.1, 0.15) is 5.56 Å². The van der Waals surface area contributed by atoms with E-state index in [9.17, 15) is 4.79 Å². The van der Waals surface area contributed by atoms with E-state index in [0.29, 0.717) is 12.4 Å². The van der Waals surface area contributed by atoms with E-state index in [2.05, 4.69) is 15.3 Å². The van der Waals surface area contributed by atoms with Gasteiger partial charge in [-0.15, -0.1) is 0 Å². The minimum atomic E-state index is -0.224. The number of rotatable bonds is 3. The van der Waals surface area contributed by atoms with Gasteiger partial charge in [0.05, 0.1) is 7.11 Å². The molecule has 0 saturated heterocycles. The molecule has 0 aliphatic carbocycles. The van der Waals surface area contributed by atoms with Crippen LogP contribution in [0.15, 0.2) is 37.1 Å². The first kappa shape index (κ1) is 11.1. The second kappa shape index (κ2) is 5.11. The van der Waals surface area contributed by atoms with Crippen molar-refractivity contribution in [3.8, 4) is 5.88 Å². The Kier molecular flexibility index (Phi) is 3.34. The van der Waals surface area contributed by atoms with E-state index >= 15 is 0 Å². The summed E-state index contributed by atoms with van der Waals surface area (Å²) in [4.78, 5) is 19.4. The molecule has 6 heteroatoms. The van der Waals surface area contributed by atoms with Gasteiger partial charge in [-0.2, -0.15) is 0 Å². The lowest BCUT2D eigenvalue weighted by Crippen LogP contribution is -2.27. The second-order valence-corrected chi connectivity index (χ2v) is 3.34. The molecule has 6 nitrogen and oxygen atoms in total. The first-order chi connectivity index (χ1) is 8.29. The van der Waals surface area contributed by atoms with E-state index in [1.165, 1.54) is 10.9 Å². The van der Waals surface area contributed by atoms with E-state index in [0.717, 1.165) is 5.56 Å². The Morgan fingerprint density at radius 2 is 2.41 bits per heavy atom. The number of imidazole rings is 1. The minimum Gasteiger partial charge on any atom is -0.481 e. The van der Waals surface area contributed by atoms with E-state index in [1.54, 1.807) is 31.8 Å². The number of amides is 1. The molecule has 0 unspecified atom stereocenters. The molecule has 88 valence electrons. The maximum Gasteiger partial charge on any atom is 0.327 e. The Morgan fingerprint density at radius 1 is 1.53 bits per heavy atom. The maximum atomic E-state index is 11.6. The number of carbonyl (C=O) groups is 1. The lowest BCUT2D eigenvalue weighted by Gasteiger charge is -2.05. The molecular formula is C11H12N4O2. The van der Waals surface area contributed by atoms with Gasteiger partial charge in [-0.3, -0.25) is 4.57 Å². The van der Waals surface area contributed by atoms with Crippen LogP contribution in [0.25, 0.3) is 0 Å². The van der Waals surface area contributed by atoms with Crippen LogP contribution < -0.4 is 10.1 Å². The van der Waals surface area contributed by atoms with Crippen LogP contribution in [0.3, 0.4) is 0 Å². The summed E-state index contributed by atoms with van der Waals surface area (Å²) in [6.45, 7) is 0.411. The van der Waals surface area contributed by atoms with Crippen LogP contribution >= 0.6 is 0 Å². The van der Waals surface area contributed by atoms with Crippen LogP contribution in [0.5, 0.6) is 5.88 Å². The van der Waals surface area contributed by atoms with Gasteiger partial charge >= 0.3 is 6.03 Å². The summed E-state index contributed by atoms with van der Waals surface area (Å²) in [6.07, 6.45) is 6.24. The van der Waals surface area contributed by atoms with Crippen molar-refractivity contribution in [1.82, 2.24) is 19.9 Å². The largest absolute Gasteiger partial charge is 0.481 e. The van der Waals surface area contributed by atoms with Gasteiger partial charge in [0.1, 0.15) is 6.33 Å². The summed E-state index contributed by atoms with van der Waals surface area (Å²) in [5.41, 5.74) is 0.902. The molecule has 1 N–H and O–H groups in total. The smallest absolute Gasteiger partial charge is 0.327 e. The molecule has 0 bridgehead atoms. The van der Waals surface area contributed by atoms with Crippen molar-refractivity contribution in [3.05, 3.63) is 42.6 Å². The molecule has 0 aliphatic rings. The molecule has 1 amide bonds. The molecule has 0 radical (unpaired) electrons. The third kappa shape index (κ3) is 2.81. The van der Waals surface area contributed by atoms with Crippen LogP contribution in [-0.4, -0.2) is 27.7 Å². The normalized spacial score (nSPS) is 9.94. The van der Waals surface area contributed by atoms with Gasteiger partial charge in [0.2, 0.25) is 5.88 Å². The molecule has 2 heterocycles. The maximum absolute atomic E-state index is 11.6. The first-order valence-corrected chi connectivity index (χ1v) is 5.04. The average Bonchev–Trinajstić information content (AvgIpc) is 2.90. The number of hydrogen-bond donors (Lipinski definition) is 1. The number of nitrogens with zero attached hydrogens (tertiary/aromatic N) is 3. The van der Waals surface area contributed by atoms with Crippen LogP contribution in [0, 0.1) is 0 Å². The highest BCUT2D eigenvalue weighted by molar-refractivity contribution is 5.76. The third-order valence-corrected chi connectivity index (χ3v) is 2.19. The quantitative estimate of drug-likeness (QED) is 0.858. The molecule has 0 saturated carbocycles. The Morgan fingerprint density at radius 3 is 3.00 bits per heavy atom. The fourth-order valence-corrected chi connectivity index (χ4v) is 1.28. The summed E-state index contributed by atoms with van der Waals surface area (Å²) in [5.74, 6) is 0.551. The number of pyridine rings is 1. The fraction of sp³-hybridized carbons (Fsp3) is 0.182. The molecule has 2 aromatic rings. The summed E-state index contributed by atoms with van der Waals surface area (Å²) in [7, 11) is 1.56. The van der Waals surface area contributed by atoms with E-state index in [-0.39, 0.29) is 6.03 Å². The zero-order valence-electron chi connectivity index (χ0n) is 9.33. The molecule has 17 heavy (non-hydrogen) atoms. The summed E-state index contributed by atoms with van der Waals surface area (Å²) in [6, 6.07) is 3.37. The van der Waals surface area contributed by atoms with Crippen LogP contribution in [0.4, 0.5) is 4.79 Å². The average molecular weight is 232 g/mol. The lowest BCUT2D eigenvalue weighted by molar-refractivity contribution is 0.242. The Labute approximate surface area is 98.3 Å². The molecule has 2 aromatic heterocycles. The molecule has 0 atom stereocenters. The SMILES string of the molecule is COc1ccc(CNC(=O)n2ccnc2)cn1. The van der Waals surface area contributed by atoms with Gasteiger partial charge < -0.3 is 10.1 Å². The summed E-state index contributed by atoms with van der Waals surface area (Å²) >= 11 is 0. The van der Waals surface area contributed by atoms with Crippen molar-refractivity contribution in [1.29, 1.82) is 0 Å². The molecule has 0 fully saturated rings. The van der Waals surface area contributed by atoms with Crippen molar-refractivity contribution in [3.63, 3.8) is 0 Å². The fourth-order valence-electron chi connectivity index (χ4n) is 1.28. The lowest BCUT2D eigenvalue weighted by atomic mass is 10.3. The highest BCUT2D eigenvalue weighted by Gasteiger charge is 2.02. The number of aromatic nitrogens is 3. The monoisotopic (exact) mass is 232 g/mol. The number of carbonyl (C=O) groups excluding carboxylic acids is 1. The molecule has 2 rings (SSSR count). The van der Waals surface area contributed by atoms with Gasteiger partial charge in [-0.05, 0) is 5.56 Å². The Balaban J connectivity index is 1.91. The third-order valence-electron chi connectivity index (χ3n) is 2.19. The zero-order chi connectivity index (χ0) is 12.1. The minimum absolute atomic E-state index is 0.224. The number of ether oxygens (including phenoxy) is 1. The first-order valence-electron chi connectivity index (χ1n) is 5.04. The van der Waals surface area contributed by atoms with Crippen molar-refractivity contribution in [2.45, 2.75) is 6.54 Å². The summed E-state index contributed by atoms with van der Waals surface area (Å²) in [5, 5.41) is 2.74. The molecule has 0 spiro atoms. The number of methoxy groups -OCH3 is 1. The topological polar surface area (TPSA) is 69.0 Å². The number of nitrogens with one attached hydrogen (secondary N) is 1. The number of hydrogen-bond acceptors (Lipinski definition) is 4. The highest BCUT2D eigenvalue weighted by Crippen LogP contribution is 2.06. The molecular weight excluding hydrogens is 220 g/mol. The molecule has 0 aliphatic heterocycles. The van der Waals surface area contributed by atoms with Gasteiger partial charge in [0.15, 0.2) is 0 Å². The predicted molar refractivity (Wildman–Crippen MR) is 60.6 cm³/mol. The highest BCUT2D eigenvalue weighted by atomic mass is 16.5. The van der Waals surface area contributed by atoms with Crippen molar-refractivity contribution < 1.29 is 9.53 Å². The van der Waals surface area contributed by atoms with Gasteiger partial charge in [-0.25, -0.2) is 14.8 Å². The van der Waals surface area contributed by atoms with Crippen LogP contribution in [-0.2, 0) is 6.54 Å². The van der Waals surface area contributed by atoms with E-state index < -0.39 is 0 Å². The van der Waals surface area contributed by atoms with Crippen molar-refractivity contribution in [2.24, 2.45) is 0 Å². The van der Waals surface area contributed by atoms with Gasteiger partial charge in [0.25, 0.3) is 0 Å². The predicted octanol–water partition coefficient (Wildman–Crippen LogP) is 1.04. The van der Waals surface area contributed by atoms with Gasteiger partial charge in [-0.1, -0.05) is 6.07 Å². The van der Waals surface area contributed by atoms with Gasteiger partial charge in [0, 0.05) is 31.2 Å². The second-order valence-electron chi connectivity index (χ2n) is 3.34. The Bertz CT molecular complexity index is 479. The summed E-state index contributed by atoms with van der Waals surface area (Å²) < 4.78 is 6.31.